The van der Waals surface area contributed by atoms with Crippen LogP contribution in [-0.2, 0) is 25.6 Å². The van der Waals surface area contributed by atoms with Crippen LogP contribution in [0.4, 0.5) is 4.79 Å². The zero-order valence-corrected chi connectivity index (χ0v) is 15.2. The lowest BCUT2D eigenvalue weighted by Crippen LogP contribution is -2.28. The summed E-state index contributed by atoms with van der Waals surface area (Å²) in [4.78, 5) is 11.4. The Balaban J connectivity index is 1.67. The van der Waals surface area contributed by atoms with Crippen LogP contribution in [-0.4, -0.2) is 21.1 Å². The Kier molecular flexibility index (Phi) is 7.37. The number of benzene rings is 2. The minimum absolute atomic E-state index is 0.0224. The lowest BCUT2D eigenvalue weighted by molar-refractivity contribution is 0.111. The average Bonchev–Trinajstić information content (AvgIpc) is 2.64. The number of carbonyl (C=O) groups excluding carboxylic acids is 1. The molecule has 0 atom stereocenters. The van der Waals surface area contributed by atoms with E-state index in [1.807, 2.05) is 43.3 Å². The van der Waals surface area contributed by atoms with Gasteiger partial charge in [0.05, 0.1) is 4.90 Å². The van der Waals surface area contributed by atoms with Crippen molar-refractivity contribution in [2.45, 2.75) is 24.7 Å². The Labute approximate surface area is 153 Å². The van der Waals surface area contributed by atoms with E-state index in [0.29, 0.717) is 0 Å². The lowest BCUT2D eigenvalue weighted by Gasteiger charge is -2.06. The summed E-state index contributed by atoms with van der Waals surface area (Å²) >= 11 is 0. The molecule has 0 aliphatic carbocycles. The molecular formula is C19H21NO5S. The highest BCUT2D eigenvalue weighted by Gasteiger charge is 2.17. The molecule has 0 saturated carbocycles. The van der Waals surface area contributed by atoms with Gasteiger partial charge in [-0.05, 0) is 37.5 Å². The SMILES string of the molecule is Cc1ccc(S(=O)(=O)ONC(=O)OC/C=C/CCc2ccccc2)cc1. The third-order valence-corrected chi connectivity index (χ3v) is 4.62. The van der Waals surface area contributed by atoms with Crippen molar-refractivity contribution in [2.75, 3.05) is 6.61 Å². The highest BCUT2D eigenvalue weighted by atomic mass is 32.2. The van der Waals surface area contributed by atoms with Crippen LogP contribution in [0.1, 0.15) is 17.5 Å². The Morgan fingerprint density at radius 2 is 1.73 bits per heavy atom. The van der Waals surface area contributed by atoms with Crippen molar-refractivity contribution in [3.8, 4) is 0 Å². The summed E-state index contributed by atoms with van der Waals surface area (Å²) in [5.41, 5.74) is 3.91. The summed E-state index contributed by atoms with van der Waals surface area (Å²) in [6.45, 7) is 1.86. The zero-order chi connectivity index (χ0) is 18.8. The van der Waals surface area contributed by atoms with Crippen LogP contribution in [0.3, 0.4) is 0 Å². The molecule has 0 aliphatic heterocycles. The van der Waals surface area contributed by atoms with Crippen molar-refractivity contribution in [1.82, 2.24) is 5.48 Å². The standard InChI is InChI=1S/C19H21NO5S/c1-16-11-13-18(14-12-16)26(22,23)25-20-19(21)24-15-7-3-6-10-17-8-4-2-5-9-17/h2-5,7-9,11-14H,6,10,15H2,1H3,(H,20,21)/b7-3+. The van der Waals surface area contributed by atoms with Crippen LogP contribution >= 0.6 is 0 Å². The van der Waals surface area contributed by atoms with E-state index in [1.54, 1.807) is 23.7 Å². The molecule has 2 aromatic carbocycles. The van der Waals surface area contributed by atoms with Gasteiger partial charge in [-0.15, -0.1) is 4.28 Å². The molecule has 0 aromatic heterocycles. The van der Waals surface area contributed by atoms with Gasteiger partial charge in [0.1, 0.15) is 6.61 Å². The van der Waals surface area contributed by atoms with Gasteiger partial charge < -0.3 is 4.74 Å². The Hall–Kier alpha value is -2.64. The normalized spacial score (nSPS) is 11.4. The fourth-order valence-corrected chi connectivity index (χ4v) is 2.82. The molecule has 0 unspecified atom stereocenters. The van der Waals surface area contributed by atoms with Crippen molar-refractivity contribution in [1.29, 1.82) is 0 Å². The third-order valence-electron chi connectivity index (χ3n) is 3.46. The summed E-state index contributed by atoms with van der Waals surface area (Å²) in [5.74, 6) is 0. The fraction of sp³-hybridized carbons (Fsp3) is 0.211. The fourth-order valence-electron chi connectivity index (χ4n) is 2.08. The minimum Gasteiger partial charge on any atom is -0.444 e. The molecule has 0 bridgehead atoms. The van der Waals surface area contributed by atoms with Crippen molar-refractivity contribution in [2.24, 2.45) is 0 Å². The van der Waals surface area contributed by atoms with E-state index in [4.69, 9.17) is 4.74 Å². The molecule has 6 nitrogen and oxygen atoms in total. The second-order valence-corrected chi connectivity index (χ2v) is 7.09. The van der Waals surface area contributed by atoms with E-state index in [1.165, 1.54) is 17.7 Å². The molecule has 0 spiro atoms. The summed E-state index contributed by atoms with van der Waals surface area (Å²) in [6.07, 6.45) is 4.31. The Morgan fingerprint density at radius 3 is 2.42 bits per heavy atom. The molecule has 1 amide bonds. The summed E-state index contributed by atoms with van der Waals surface area (Å²) in [5, 5.41) is 0. The van der Waals surface area contributed by atoms with E-state index in [2.05, 4.69) is 4.28 Å². The van der Waals surface area contributed by atoms with E-state index in [0.717, 1.165) is 18.4 Å². The molecule has 26 heavy (non-hydrogen) atoms. The predicted octanol–water partition coefficient (Wildman–Crippen LogP) is 3.53. The van der Waals surface area contributed by atoms with Crippen molar-refractivity contribution < 1.29 is 22.2 Å². The Morgan fingerprint density at radius 1 is 1.04 bits per heavy atom. The zero-order valence-electron chi connectivity index (χ0n) is 14.4. The van der Waals surface area contributed by atoms with Gasteiger partial charge in [-0.3, -0.25) is 0 Å². The smallest absolute Gasteiger partial charge is 0.432 e. The number of aryl methyl sites for hydroxylation is 2. The van der Waals surface area contributed by atoms with E-state index >= 15 is 0 Å². The summed E-state index contributed by atoms with van der Waals surface area (Å²) in [6, 6.07) is 16.1. The molecule has 2 aromatic rings. The van der Waals surface area contributed by atoms with Crippen LogP contribution in [0, 0.1) is 6.92 Å². The molecule has 0 heterocycles. The first-order chi connectivity index (χ1) is 12.5. The molecule has 0 saturated heterocycles. The second-order valence-electron chi connectivity index (χ2n) is 5.55. The van der Waals surface area contributed by atoms with Gasteiger partial charge in [0.2, 0.25) is 0 Å². The largest absolute Gasteiger partial charge is 0.444 e. The first-order valence-electron chi connectivity index (χ1n) is 8.09. The molecule has 1 N–H and O–H groups in total. The van der Waals surface area contributed by atoms with Crippen LogP contribution in [0.25, 0.3) is 0 Å². The number of amides is 1. The maximum Gasteiger partial charge on any atom is 0.432 e. The highest BCUT2D eigenvalue weighted by Crippen LogP contribution is 2.12. The van der Waals surface area contributed by atoms with Gasteiger partial charge in [0.15, 0.2) is 0 Å². The van der Waals surface area contributed by atoms with E-state index < -0.39 is 16.2 Å². The molecule has 0 fully saturated rings. The van der Waals surface area contributed by atoms with Crippen molar-refractivity contribution in [3.05, 3.63) is 77.9 Å². The van der Waals surface area contributed by atoms with Crippen LogP contribution in [0.2, 0.25) is 0 Å². The highest BCUT2D eigenvalue weighted by molar-refractivity contribution is 7.86. The van der Waals surface area contributed by atoms with Gasteiger partial charge in [0, 0.05) is 0 Å². The number of rotatable bonds is 8. The molecule has 0 radical (unpaired) electrons. The molecule has 2 rings (SSSR count). The predicted molar refractivity (Wildman–Crippen MR) is 97.8 cm³/mol. The van der Waals surface area contributed by atoms with Gasteiger partial charge in [0.25, 0.3) is 0 Å². The number of hydroxylamine groups is 1. The lowest BCUT2D eigenvalue weighted by atomic mass is 10.1. The van der Waals surface area contributed by atoms with Crippen LogP contribution < -0.4 is 5.48 Å². The van der Waals surface area contributed by atoms with Crippen molar-refractivity contribution >= 4 is 16.2 Å². The molecular weight excluding hydrogens is 354 g/mol. The number of hydrogen-bond donors (Lipinski definition) is 1. The quantitative estimate of drug-likeness (QED) is 0.564. The van der Waals surface area contributed by atoms with E-state index in [-0.39, 0.29) is 11.5 Å². The number of ether oxygens (including phenoxy) is 1. The first kappa shape index (κ1) is 19.7. The average molecular weight is 375 g/mol. The van der Waals surface area contributed by atoms with Gasteiger partial charge in [-0.2, -0.15) is 13.9 Å². The molecule has 138 valence electrons. The number of carbonyl (C=O) groups is 1. The summed E-state index contributed by atoms with van der Waals surface area (Å²) < 4.78 is 33.1. The Bertz CT molecular complexity index is 830. The number of allylic oxidation sites excluding steroid dienone is 1. The maximum atomic E-state index is 11.9. The minimum atomic E-state index is -4.07. The number of nitrogens with one attached hydrogen (secondary N) is 1. The van der Waals surface area contributed by atoms with Crippen LogP contribution in [0.5, 0.6) is 0 Å². The number of hydrogen-bond acceptors (Lipinski definition) is 5. The molecule has 0 aliphatic rings. The van der Waals surface area contributed by atoms with Gasteiger partial charge >= 0.3 is 16.2 Å². The first-order valence-corrected chi connectivity index (χ1v) is 9.50. The van der Waals surface area contributed by atoms with Gasteiger partial charge in [-0.25, -0.2) is 4.79 Å². The maximum absolute atomic E-state index is 11.9. The molecule has 7 heteroatoms. The third kappa shape index (κ3) is 6.70. The topological polar surface area (TPSA) is 81.7 Å². The van der Waals surface area contributed by atoms with Crippen LogP contribution in [0.15, 0.2) is 71.6 Å². The van der Waals surface area contributed by atoms with Crippen molar-refractivity contribution in [3.63, 3.8) is 0 Å². The van der Waals surface area contributed by atoms with E-state index in [9.17, 15) is 13.2 Å². The summed E-state index contributed by atoms with van der Waals surface area (Å²) in [7, 11) is -4.07. The monoisotopic (exact) mass is 375 g/mol. The van der Waals surface area contributed by atoms with Gasteiger partial charge in [-0.1, -0.05) is 60.2 Å². The second kappa shape index (κ2) is 9.74.